The van der Waals surface area contributed by atoms with Gasteiger partial charge in [0.15, 0.2) is 0 Å². The summed E-state index contributed by atoms with van der Waals surface area (Å²) in [7, 11) is -3.61. The summed E-state index contributed by atoms with van der Waals surface area (Å²) in [6.07, 6.45) is 2.40. The van der Waals surface area contributed by atoms with Gasteiger partial charge in [0.1, 0.15) is 0 Å². The van der Waals surface area contributed by atoms with Crippen LogP contribution < -0.4 is 9.62 Å². The van der Waals surface area contributed by atoms with Crippen LogP contribution in [0.1, 0.15) is 11.1 Å². The lowest BCUT2D eigenvalue weighted by Gasteiger charge is -2.36. The van der Waals surface area contributed by atoms with Gasteiger partial charge in [-0.15, -0.1) is 0 Å². The van der Waals surface area contributed by atoms with Gasteiger partial charge in [0, 0.05) is 36.6 Å². The predicted octanol–water partition coefficient (Wildman–Crippen LogP) is 4.66. The smallest absolute Gasteiger partial charge is 0.240 e. The average molecular weight is 456 g/mol. The van der Waals surface area contributed by atoms with Crippen LogP contribution in [0.5, 0.6) is 0 Å². The van der Waals surface area contributed by atoms with E-state index in [0.29, 0.717) is 19.5 Å². The molecule has 0 saturated heterocycles. The number of rotatable bonds is 6. The molecule has 166 valence electrons. The molecule has 0 bridgehead atoms. The molecule has 3 aromatic carbocycles. The van der Waals surface area contributed by atoms with Crippen LogP contribution in [-0.2, 0) is 23.0 Å². The molecule has 33 heavy (non-hydrogen) atoms. The van der Waals surface area contributed by atoms with Crippen LogP contribution in [0.2, 0.25) is 0 Å². The van der Waals surface area contributed by atoms with E-state index in [1.54, 1.807) is 30.5 Å². The second kappa shape index (κ2) is 9.17. The Labute approximate surface area is 194 Å². The molecule has 0 aliphatic carbocycles. The Morgan fingerprint density at radius 2 is 1.61 bits per heavy atom. The van der Waals surface area contributed by atoms with E-state index in [1.165, 1.54) is 5.56 Å². The van der Waals surface area contributed by atoms with E-state index in [2.05, 4.69) is 44.9 Å². The predicted molar refractivity (Wildman–Crippen MR) is 131 cm³/mol. The van der Waals surface area contributed by atoms with Crippen molar-refractivity contribution in [3.05, 3.63) is 114 Å². The van der Waals surface area contributed by atoms with Crippen LogP contribution in [-0.4, -0.2) is 26.0 Å². The number of hydrogen-bond acceptors (Lipinski definition) is 4. The molecule has 1 N–H and O–H groups in total. The maximum atomic E-state index is 13.0. The Balaban J connectivity index is 1.48. The van der Waals surface area contributed by atoms with Crippen molar-refractivity contribution in [2.75, 3.05) is 11.4 Å². The van der Waals surface area contributed by atoms with Gasteiger partial charge in [-0.3, -0.25) is 4.98 Å². The van der Waals surface area contributed by atoms with Gasteiger partial charge in [0.05, 0.1) is 10.6 Å². The molecule has 5 nitrogen and oxygen atoms in total. The maximum absolute atomic E-state index is 13.0. The van der Waals surface area contributed by atoms with E-state index in [4.69, 9.17) is 0 Å². The van der Waals surface area contributed by atoms with Crippen LogP contribution in [0.15, 0.2) is 108 Å². The number of fused-ring (bicyclic) bond motifs is 1. The van der Waals surface area contributed by atoms with E-state index < -0.39 is 10.0 Å². The second-order valence-corrected chi connectivity index (χ2v) is 9.97. The fourth-order valence-electron chi connectivity index (χ4n) is 4.36. The molecule has 1 aliphatic rings. The third kappa shape index (κ3) is 4.82. The maximum Gasteiger partial charge on any atom is 0.240 e. The van der Waals surface area contributed by atoms with E-state index in [-0.39, 0.29) is 10.9 Å². The van der Waals surface area contributed by atoms with Crippen LogP contribution in [0, 0.1) is 0 Å². The summed E-state index contributed by atoms with van der Waals surface area (Å²) in [6, 6.07) is 30.8. The summed E-state index contributed by atoms with van der Waals surface area (Å²) in [5.41, 5.74) is 5.36. The molecule has 1 unspecified atom stereocenters. The number of sulfonamides is 1. The molecular weight excluding hydrogens is 430 g/mol. The molecule has 6 heteroatoms. The Morgan fingerprint density at radius 1 is 0.879 bits per heavy atom. The molecule has 0 amide bonds. The highest BCUT2D eigenvalue weighted by atomic mass is 32.2. The lowest BCUT2D eigenvalue weighted by molar-refractivity contribution is 0.524. The number of nitrogens with one attached hydrogen (secondary N) is 1. The standard InChI is InChI=1S/C27H25N3O2S/c31-33(32,25-11-5-2-6-12-25)29-24-18-23-17-22(26-13-7-8-16-28-26)14-15-27(23)30(20-24)19-21-9-3-1-4-10-21/h1-17,24,29H,18-20H2. The second-order valence-electron chi connectivity index (χ2n) is 8.26. The molecule has 0 saturated carbocycles. The van der Waals surface area contributed by atoms with Crippen molar-refractivity contribution in [2.24, 2.45) is 0 Å². The molecule has 1 atom stereocenters. The highest BCUT2D eigenvalue weighted by Gasteiger charge is 2.28. The van der Waals surface area contributed by atoms with Crippen molar-refractivity contribution in [3.8, 4) is 11.3 Å². The van der Waals surface area contributed by atoms with Crippen molar-refractivity contribution in [2.45, 2.75) is 23.9 Å². The largest absolute Gasteiger partial charge is 0.365 e. The van der Waals surface area contributed by atoms with Crippen molar-refractivity contribution in [1.29, 1.82) is 0 Å². The molecule has 0 spiro atoms. The zero-order valence-electron chi connectivity index (χ0n) is 18.1. The summed E-state index contributed by atoms with van der Waals surface area (Å²) in [4.78, 5) is 7.02. The quantitative estimate of drug-likeness (QED) is 0.459. The van der Waals surface area contributed by atoms with Crippen molar-refractivity contribution in [3.63, 3.8) is 0 Å². The lowest BCUT2D eigenvalue weighted by atomic mass is 9.95. The molecule has 1 aromatic heterocycles. The first-order valence-corrected chi connectivity index (χ1v) is 12.5. The number of nitrogens with zero attached hydrogens (tertiary/aromatic N) is 2. The van der Waals surface area contributed by atoms with Crippen LogP contribution in [0.3, 0.4) is 0 Å². The zero-order chi connectivity index (χ0) is 22.7. The lowest BCUT2D eigenvalue weighted by Crippen LogP contribution is -2.48. The van der Waals surface area contributed by atoms with Gasteiger partial charge in [-0.1, -0.05) is 60.7 Å². The van der Waals surface area contributed by atoms with Gasteiger partial charge in [0.2, 0.25) is 10.0 Å². The minimum atomic E-state index is -3.61. The van der Waals surface area contributed by atoms with E-state index in [1.807, 2.05) is 42.5 Å². The number of pyridine rings is 1. The van der Waals surface area contributed by atoms with Crippen LogP contribution in [0.4, 0.5) is 5.69 Å². The molecule has 2 heterocycles. The van der Waals surface area contributed by atoms with Gasteiger partial charge in [-0.05, 0) is 53.9 Å². The molecule has 1 aliphatic heterocycles. The number of benzene rings is 3. The van der Waals surface area contributed by atoms with E-state index in [9.17, 15) is 8.42 Å². The topological polar surface area (TPSA) is 62.3 Å². The first-order chi connectivity index (χ1) is 16.1. The summed E-state index contributed by atoms with van der Waals surface area (Å²) in [6.45, 7) is 1.30. The zero-order valence-corrected chi connectivity index (χ0v) is 18.9. The Kier molecular flexibility index (Phi) is 5.94. The summed E-state index contributed by atoms with van der Waals surface area (Å²) >= 11 is 0. The molecule has 5 rings (SSSR count). The average Bonchev–Trinajstić information content (AvgIpc) is 2.85. The Bertz CT molecular complexity index is 1330. The van der Waals surface area contributed by atoms with E-state index >= 15 is 0 Å². The highest BCUT2D eigenvalue weighted by molar-refractivity contribution is 7.89. The first-order valence-electron chi connectivity index (χ1n) is 11.0. The van der Waals surface area contributed by atoms with Crippen LogP contribution >= 0.6 is 0 Å². The monoisotopic (exact) mass is 455 g/mol. The summed E-state index contributed by atoms with van der Waals surface area (Å²) < 4.78 is 29.0. The normalized spacial score (nSPS) is 15.8. The van der Waals surface area contributed by atoms with Gasteiger partial charge < -0.3 is 4.90 Å². The number of anilines is 1. The minimum absolute atomic E-state index is 0.245. The Hall–Kier alpha value is -3.48. The van der Waals surface area contributed by atoms with Crippen LogP contribution in [0.25, 0.3) is 11.3 Å². The van der Waals surface area contributed by atoms with Gasteiger partial charge >= 0.3 is 0 Å². The van der Waals surface area contributed by atoms with Gasteiger partial charge in [0.25, 0.3) is 0 Å². The van der Waals surface area contributed by atoms with Gasteiger partial charge in [-0.2, -0.15) is 0 Å². The van der Waals surface area contributed by atoms with Crippen molar-refractivity contribution in [1.82, 2.24) is 9.71 Å². The first kappa shape index (κ1) is 21.4. The van der Waals surface area contributed by atoms with E-state index in [0.717, 1.165) is 22.5 Å². The SMILES string of the molecule is O=S(=O)(NC1Cc2cc(-c3ccccn3)ccc2N(Cc2ccccc2)C1)c1ccccc1. The van der Waals surface area contributed by atoms with Crippen molar-refractivity contribution >= 4 is 15.7 Å². The summed E-state index contributed by atoms with van der Waals surface area (Å²) in [5.74, 6) is 0. The molecule has 0 radical (unpaired) electrons. The summed E-state index contributed by atoms with van der Waals surface area (Å²) in [5, 5.41) is 0. The fraction of sp³-hybridized carbons (Fsp3) is 0.148. The Morgan fingerprint density at radius 3 is 2.33 bits per heavy atom. The fourth-order valence-corrected chi connectivity index (χ4v) is 5.61. The molecular formula is C27H25N3O2S. The van der Waals surface area contributed by atoms with Gasteiger partial charge in [-0.25, -0.2) is 13.1 Å². The molecule has 0 fully saturated rings. The van der Waals surface area contributed by atoms with Crippen molar-refractivity contribution < 1.29 is 8.42 Å². The number of hydrogen-bond donors (Lipinski definition) is 1. The molecule has 4 aromatic rings. The number of aromatic nitrogens is 1. The third-order valence-corrected chi connectivity index (χ3v) is 7.42. The minimum Gasteiger partial charge on any atom is -0.365 e. The third-order valence-electron chi connectivity index (χ3n) is 5.88. The highest BCUT2D eigenvalue weighted by Crippen LogP contribution is 2.32.